The summed E-state index contributed by atoms with van der Waals surface area (Å²) in [5.41, 5.74) is 1.13. The van der Waals surface area contributed by atoms with Crippen LogP contribution in [0.2, 0.25) is 10.0 Å². The Labute approximate surface area is 223 Å². The molecule has 2 aromatic rings. The molecule has 0 unspecified atom stereocenters. The van der Waals surface area contributed by atoms with Crippen molar-refractivity contribution in [1.29, 1.82) is 0 Å². The van der Waals surface area contributed by atoms with Crippen molar-refractivity contribution in [3.63, 3.8) is 0 Å². The van der Waals surface area contributed by atoms with Gasteiger partial charge in [-0.2, -0.15) is 0 Å². The number of amides is 1. The Morgan fingerprint density at radius 3 is 2.36 bits per heavy atom. The molecule has 1 saturated carbocycles. The zero-order valence-electron chi connectivity index (χ0n) is 20.5. The molecule has 2 heterocycles. The zero-order valence-corrected chi connectivity index (χ0v) is 22.1. The van der Waals surface area contributed by atoms with Crippen molar-refractivity contribution in [3.05, 3.63) is 69.7 Å². The fraction of sp³-hybridized carbons (Fsp3) is 0.517. The molecule has 2 aliphatic heterocycles. The highest BCUT2D eigenvalue weighted by atomic mass is 35.5. The first-order valence-electron chi connectivity index (χ1n) is 13.1. The molecule has 0 bridgehead atoms. The number of carboxylic acid groups (broad SMARTS) is 1. The molecular formula is C29H34Cl2N2O3. The lowest BCUT2D eigenvalue weighted by Gasteiger charge is -2.51. The van der Waals surface area contributed by atoms with Crippen LogP contribution < -0.4 is 0 Å². The topological polar surface area (TPSA) is 60.9 Å². The largest absolute Gasteiger partial charge is 0.481 e. The van der Waals surface area contributed by atoms with E-state index in [1.807, 2.05) is 47.4 Å². The lowest BCUT2D eigenvalue weighted by Crippen LogP contribution is -2.55. The molecule has 192 valence electrons. The lowest BCUT2D eigenvalue weighted by atomic mass is 9.65. The second-order valence-electron chi connectivity index (χ2n) is 10.9. The molecule has 5 rings (SSSR count). The monoisotopic (exact) mass is 528 g/mol. The van der Waals surface area contributed by atoms with E-state index in [1.54, 1.807) is 0 Å². The Kier molecular flexibility index (Phi) is 7.62. The van der Waals surface area contributed by atoms with E-state index in [0.29, 0.717) is 35.3 Å². The van der Waals surface area contributed by atoms with E-state index in [1.165, 1.54) is 0 Å². The summed E-state index contributed by atoms with van der Waals surface area (Å²) in [5, 5.41) is 11.3. The average molecular weight is 530 g/mol. The summed E-state index contributed by atoms with van der Waals surface area (Å²) in [4.78, 5) is 31.1. The molecule has 3 aliphatic rings. The minimum atomic E-state index is -0.945. The van der Waals surface area contributed by atoms with Crippen LogP contribution in [0.15, 0.2) is 48.5 Å². The highest BCUT2D eigenvalue weighted by molar-refractivity contribution is 6.30. The standard InChI is InChI=1S/C29H34Cl2N2O3/c30-23-10-8-21(9-11-23)27-25(22-4-3-5-24(31)16-22)17-29(18-26(34)35,12-15-32-13-1-2-14-32)28(36)33(27)19-20-6-7-20/h3-5,8-11,16,20,25,27H,1-2,6-7,12-15,17-19H2,(H,34,35)/t25-,27-,29+/m1/s1. The molecule has 1 N–H and O–H groups in total. The van der Waals surface area contributed by atoms with Crippen molar-refractivity contribution in [2.45, 2.75) is 56.9 Å². The van der Waals surface area contributed by atoms with E-state index in [2.05, 4.69) is 11.0 Å². The third-order valence-corrected chi connectivity index (χ3v) is 8.76. The fourth-order valence-corrected chi connectivity index (χ4v) is 6.59. The van der Waals surface area contributed by atoms with Crippen LogP contribution in [0.3, 0.4) is 0 Å². The van der Waals surface area contributed by atoms with Crippen molar-refractivity contribution >= 4 is 35.1 Å². The maximum Gasteiger partial charge on any atom is 0.304 e. The van der Waals surface area contributed by atoms with Crippen molar-refractivity contribution < 1.29 is 14.7 Å². The molecular weight excluding hydrogens is 495 g/mol. The molecule has 36 heavy (non-hydrogen) atoms. The number of hydrogen-bond acceptors (Lipinski definition) is 3. The minimum Gasteiger partial charge on any atom is -0.481 e. The van der Waals surface area contributed by atoms with E-state index in [-0.39, 0.29) is 24.3 Å². The Balaban J connectivity index is 1.59. The van der Waals surface area contributed by atoms with Crippen LogP contribution in [0, 0.1) is 11.3 Å². The number of benzene rings is 2. The minimum absolute atomic E-state index is 0.00535. The van der Waals surface area contributed by atoms with Crippen LogP contribution in [-0.4, -0.2) is 53.0 Å². The number of aliphatic carboxylic acids is 1. The van der Waals surface area contributed by atoms with E-state index < -0.39 is 11.4 Å². The highest BCUT2D eigenvalue weighted by Crippen LogP contribution is 2.53. The summed E-state index contributed by atoms with van der Waals surface area (Å²) in [6.45, 7) is 3.46. The van der Waals surface area contributed by atoms with Gasteiger partial charge in [-0.1, -0.05) is 47.5 Å². The third-order valence-electron chi connectivity index (χ3n) is 8.28. The quantitative estimate of drug-likeness (QED) is 0.408. The van der Waals surface area contributed by atoms with Gasteiger partial charge >= 0.3 is 5.97 Å². The van der Waals surface area contributed by atoms with E-state index >= 15 is 0 Å². The molecule has 0 spiro atoms. The third kappa shape index (κ3) is 5.58. The molecule has 0 radical (unpaired) electrons. The lowest BCUT2D eigenvalue weighted by molar-refractivity contribution is -0.160. The summed E-state index contributed by atoms with van der Waals surface area (Å²) >= 11 is 12.7. The second kappa shape index (κ2) is 10.7. The molecule has 2 aromatic carbocycles. The van der Waals surface area contributed by atoms with Gasteiger partial charge in [-0.25, -0.2) is 0 Å². The first-order chi connectivity index (χ1) is 17.3. The van der Waals surface area contributed by atoms with Crippen LogP contribution in [0.5, 0.6) is 0 Å². The van der Waals surface area contributed by atoms with Crippen molar-refractivity contribution in [3.8, 4) is 0 Å². The first-order valence-corrected chi connectivity index (χ1v) is 13.9. The van der Waals surface area contributed by atoms with Gasteiger partial charge in [0.1, 0.15) is 0 Å². The number of likely N-dealkylation sites (tertiary alicyclic amines) is 2. The van der Waals surface area contributed by atoms with Crippen LogP contribution >= 0.6 is 23.2 Å². The molecule has 1 aliphatic carbocycles. The van der Waals surface area contributed by atoms with Gasteiger partial charge in [0.2, 0.25) is 5.91 Å². The highest BCUT2D eigenvalue weighted by Gasteiger charge is 2.53. The molecule has 0 aromatic heterocycles. The molecule has 5 nitrogen and oxygen atoms in total. The van der Waals surface area contributed by atoms with Gasteiger partial charge in [0.05, 0.1) is 17.9 Å². The Morgan fingerprint density at radius 1 is 1.00 bits per heavy atom. The molecule has 7 heteroatoms. The average Bonchev–Trinajstić information content (AvgIpc) is 3.51. The molecule has 2 saturated heterocycles. The maximum atomic E-state index is 14.4. The Bertz CT molecular complexity index is 1100. The predicted octanol–water partition coefficient (Wildman–Crippen LogP) is 6.41. The van der Waals surface area contributed by atoms with Gasteiger partial charge in [0, 0.05) is 22.5 Å². The van der Waals surface area contributed by atoms with Gasteiger partial charge in [-0.3, -0.25) is 9.59 Å². The smallest absolute Gasteiger partial charge is 0.304 e. The number of carboxylic acids is 1. The number of nitrogens with zero attached hydrogens (tertiary/aromatic N) is 2. The zero-order chi connectivity index (χ0) is 25.3. The summed E-state index contributed by atoms with van der Waals surface area (Å²) in [6, 6.07) is 15.4. The van der Waals surface area contributed by atoms with Crippen molar-refractivity contribution in [2.75, 3.05) is 26.2 Å². The number of hydrogen-bond donors (Lipinski definition) is 1. The Hall–Kier alpha value is -2.08. The number of piperidine rings is 1. The number of carbonyl (C=O) groups is 2. The fourth-order valence-electron chi connectivity index (χ4n) is 6.27. The van der Waals surface area contributed by atoms with Gasteiger partial charge in [-0.15, -0.1) is 0 Å². The van der Waals surface area contributed by atoms with Gasteiger partial charge in [0.15, 0.2) is 0 Å². The number of halogens is 2. The van der Waals surface area contributed by atoms with Crippen LogP contribution in [0.1, 0.15) is 68.0 Å². The summed E-state index contributed by atoms with van der Waals surface area (Å²) < 4.78 is 0. The number of rotatable bonds is 9. The summed E-state index contributed by atoms with van der Waals surface area (Å²) in [5.74, 6) is -0.512. The SMILES string of the molecule is O=C(O)C[C@]1(CCN2CCCC2)C[C@H](c2cccc(Cl)c2)[C@@H](c2ccc(Cl)cc2)N(CC2CC2)C1=O. The van der Waals surface area contributed by atoms with E-state index in [4.69, 9.17) is 23.2 Å². The van der Waals surface area contributed by atoms with E-state index in [0.717, 1.165) is 56.4 Å². The van der Waals surface area contributed by atoms with Crippen LogP contribution in [0.25, 0.3) is 0 Å². The van der Waals surface area contributed by atoms with Gasteiger partial charge in [-0.05, 0) is 99.5 Å². The van der Waals surface area contributed by atoms with Crippen LogP contribution in [0.4, 0.5) is 0 Å². The van der Waals surface area contributed by atoms with Crippen molar-refractivity contribution in [1.82, 2.24) is 9.80 Å². The molecule has 3 atom stereocenters. The first kappa shape index (κ1) is 25.6. The normalized spacial score (nSPS) is 26.9. The summed E-state index contributed by atoms with van der Waals surface area (Å²) in [7, 11) is 0. The maximum absolute atomic E-state index is 14.4. The van der Waals surface area contributed by atoms with Crippen molar-refractivity contribution in [2.24, 2.45) is 11.3 Å². The second-order valence-corrected chi connectivity index (χ2v) is 11.8. The molecule has 1 amide bonds. The Morgan fingerprint density at radius 2 is 1.72 bits per heavy atom. The predicted molar refractivity (Wildman–Crippen MR) is 142 cm³/mol. The molecule has 3 fully saturated rings. The van der Waals surface area contributed by atoms with Gasteiger partial charge < -0.3 is 14.9 Å². The van der Waals surface area contributed by atoms with Crippen LogP contribution in [-0.2, 0) is 9.59 Å². The van der Waals surface area contributed by atoms with E-state index in [9.17, 15) is 14.7 Å². The van der Waals surface area contributed by atoms with Gasteiger partial charge in [0.25, 0.3) is 0 Å². The number of carbonyl (C=O) groups excluding carboxylic acids is 1. The summed E-state index contributed by atoms with van der Waals surface area (Å²) in [6.07, 6.45) is 5.45.